The molecule has 2 aromatic carbocycles. The van der Waals surface area contributed by atoms with Crippen LogP contribution in [0.1, 0.15) is 18.1 Å². The summed E-state index contributed by atoms with van der Waals surface area (Å²) in [6.07, 6.45) is 0.907. The number of anilines is 2. The van der Waals surface area contributed by atoms with Crippen LogP contribution in [0.2, 0.25) is 0 Å². The molecule has 0 bridgehead atoms. The Balaban J connectivity index is 2.11. The quantitative estimate of drug-likeness (QED) is 0.813. The van der Waals surface area contributed by atoms with Crippen molar-refractivity contribution in [3.63, 3.8) is 0 Å². The molecule has 4 heteroatoms. The van der Waals surface area contributed by atoms with Crippen molar-refractivity contribution in [1.82, 2.24) is 0 Å². The van der Waals surface area contributed by atoms with Crippen LogP contribution in [0, 0.1) is 12.7 Å². The minimum absolute atomic E-state index is 0.316. The summed E-state index contributed by atoms with van der Waals surface area (Å²) >= 11 is 5.24. The fourth-order valence-corrected chi connectivity index (χ4v) is 2.18. The summed E-state index contributed by atoms with van der Waals surface area (Å²) < 4.78 is 13.7. The van der Waals surface area contributed by atoms with E-state index >= 15 is 0 Å². The Hall–Kier alpha value is -1.94. The number of rotatable bonds is 3. The maximum atomic E-state index is 13.7. The van der Waals surface area contributed by atoms with Gasteiger partial charge >= 0.3 is 0 Å². The lowest BCUT2D eigenvalue weighted by Crippen LogP contribution is -2.20. The molecule has 0 aliphatic heterocycles. The van der Waals surface area contributed by atoms with Crippen molar-refractivity contribution in [3.05, 3.63) is 59.4 Å². The molecule has 0 aliphatic rings. The number of thiocarbonyl (C=S) groups is 1. The number of hydrogen-bond donors (Lipinski definition) is 2. The van der Waals surface area contributed by atoms with Crippen molar-refractivity contribution in [2.45, 2.75) is 20.3 Å². The van der Waals surface area contributed by atoms with Crippen LogP contribution in [-0.2, 0) is 6.42 Å². The van der Waals surface area contributed by atoms with Gasteiger partial charge in [0.05, 0.1) is 5.69 Å². The van der Waals surface area contributed by atoms with E-state index in [4.69, 9.17) is 12.2 Å². The van der Waals surface area contributed by atoms with Crippen LogP contribution in [0.5, 0.6) is 0 Å². The highest BCUT2D eigenvalue weighted by molar-refractivity contribution is 7.80. The summed E-state index contributed by atoms with van der Waals surface area (Å²) in [5.74, 6) is -0.316. The fraction of sp³-hybridized carbons (Fsp3) is 0.188. The molecule has 0 aromatic heterocycles. The molecule has 2 nitrogen and oxygen atoms in total. The average molecular weight is 288 g/mol. The molecule has 2 rings (SSSR count). The van der Waals surface area contributed by atoms with Crippen molar-refractivity contribution in [2.24, 2.45) is 0 Å². The molecule has 0 saturated heterocycles. The van der Waals surface area contributed by atoms with E-state index in [9.17, 15) is 4.39 Å². The number of para-hydroxylation sites is 1. The van der Waals surface area contributed by atoms with Gasteiger partial charge in [0.1, 0.15) is 5.82 Å². The highest BCUT2D eigenvalue weighted by Crippen LogP contribution is 2.18. The average Bonchev–Trinajstić information content (AvgIpc) is 2.43. The third-order valence-electron chi connectivity index (χ3n) is 3.02. The third-order valence-corrected chi connectivity index (χ3v) is 3.22. The first-order chi connectivity index (χ1) is 9.60. The zero-order valence-corrected chi connectivity index (χ0v) is 12.4. The number of hydrogen-bond acceptors (Lipinski definition) is 1. The lowest BCUT2D eigenvalue weighted by molar-refractivity contribution is 0.632. The van der Waals surface area contributed by atoms with E-state index in [-0.39, 0.29) is 5.82 Å². The molecule has 0 unspecified atom stereocenters. The van der Waals surface area contributed by atoms with E-state index in [1.807, 2.05) is 31.2 Å². The first-order valence-electron chi connectivity index (χ1n) is 6.52. The van der Waals surface area contributed by atoms with Crippen LogP contribution in [0.4, 0.5) is 15.8 Å². The standard InChI is InChI=1S/C16H17FN2S/c1-3-12-6-4-5-7-14(12)18-16(20)19-15-10-11(2)8-9-13(15)17/h4-10H,3H2,1-2H3,(H2,18,19,20). The van der Waals surface area contributed by atoms with Crippen molar-refractivity contribution < 1.29 is 4.39 Å². The first-order valence-corrected chi connectivity index (χ1v) is 6.93. The van der Waals surface area contributed by atoms with E-state index < -0.39 is 0 Å². The summed E-state index contributed by atoms with van der Waals surface area (Å²) in [5, 5.41) is 6.39. The van der Waals surface area contributed by atoms with Crippen molar-refractivity contribution in [2.75, 3.05) is 10.6 Å². The summed E-state index contributed by atoms with van der Waals surface area (Å²) in [6, 6.07) is 12.8. The molecule has 0 spiro atoms. The predicted molar refractivity (Wildman–Crippen MR) is 86.8 cm³/mol. The first kappa shape index (κ1) is 14.5. The van der Waals surface area contributed by atoms with Gasteiger partial charge in [0.2, 0.25) is 0 Å². The highest BCUT2D eigenvalue weighted by Gasteiger charge is 2.06. The van der Waals surface area contributed by atoms with Crippen LogP contribution in [0.3, 0.4) is 0 Å². The zero-order chi connectivity index (χ0) is 14.5. The molecule has 2 aromatic rings. The zero-order valence-electron chi connectivity index (χ0n) is 11.5. The van der Waals surface area contributed by atoms with Gasteiger partial charge in [-0.05, 0) is 54.9 Å². The Labute approximate surface area is 124 Å². The van der Waals surface area contributed by atoms with Gasteiger partial charge in [-0.25, -0.2) is 4.39 Å². The largest absolute Gasteiger partial charge is 0.332 e. The van der Waals surface area contributed by atoms with E-state index in [1.165, 1.54) is 11.6 Å². The maximum Gasteiger partial charge on any atom is 0.175 e. The number of aryl methyl sites for hydroxylation is 2. The van der Waals surface area contributed by atoms with Crippen molar-refractivity contribution in [1.29, 1.82) is 0 Å². The summed E-state index contributed by atoms with van der Waals surface area (Å²) in [7, 11) is 0. The third kappa shape index (κ3) is 3.54. The fourth-order valence-electron chi connectivity index (χ4n) is 1.96. The van der Waals surface area contributed by atoms with Gasteiger partial charge in [0, 0.05) is 5.69 Å². The van der Waals surface area contributed by atoms with Crippen molar-refractivity contribution in [3.8, 4) is 0 Å². The van der Waals surface area contributed by atoms with Gasteiger partial charge in [0.25, 0.3) is 0 Å². The van der Waals surface area contributed by atoms with Crippen LogP contribution < -0.4 is 10.6 Å². The smallest absolute Gasteiger partial charge is 0.175 e. The van der Waals surface area contributed by atoms with Crippen LogP contribution in [0.25, 0.3) is 0 Å². The minimum Gasteiger partial charge on any atom is -0.332 e. The summed E-state index contributed by atoms with van der Waals surface area (Å²) in [6.45, 7) is 3.99. The molecule has 0 amide bonds. The minimum atomic E-state index is -0.316. The topological polar surface area (TPSA) is 24.1 Å². The van der Waals surface area contributed by atoms with Gasteiger partial charge in [-0.15, -0.1) is 0 Å². The molecule has 0 atom stereocenters. The van der Waals surface area contributed by atoms with Gasteiger partial charge in [0.15, 0.2) is 5.11 Å². The Morgan fingerprint density at radius 1 is 1.10 bits per heavy atom. The molecule has 2 N–H and O–H groups in total. The summed E-state index contributed by atoms with van der Waals surface area (Å²) in [4.78, 5) is 0. The maximum absolute atomic E-state index is 13.7. The van der Waals surface area contributed by atoms with Crippen LogP contribution >= 0.6 is 12.2 Å². The normalized spacial score (nSPS) is 10.2. The van der Waals surface area contributed by atoms with E-state index in [0.717, 1.165) is 17.7 Å². The molecular weight excluding hydrogens is 271 g/mol. The van der Waals surface area contributed by atoms with Gasteiger partial charge < -0.3 is 10.6 Å². The van der Waals surface area contributed by atoms with E-state index in [2.05, 4.69) is 17.6 Å². The van der Waals surface area contributed by atoms with Crippen LogP contribution in [0.15, 0.2) is 42.5 Å². The molecular formula is C16H17FN2S. The molecule has 0 saturated carbocycles. The molecule has 20 heavy (non-hydrogen) atoms. The predicted octanol–water partition coefficient (Wildman–Crippen LogP) is 4.51. The van der Waals surface area contributed by atoms with Gasteiger partial charge in [-0.1, -0.05) is 31.2 Å². The number of nitrogens with one attached hydrogen (secondary N) is 2. The SMILES string of the molecule is CCc1ccccc1NC(=S)Nc1cc(C)ccc1F. The van der Waals surface area contributed by atoms with E-state index in [0.29, 0.717) is 10.8 Å². The Bertz CT molecular complexity index is 626. The highest BCUT2D eigenvalue weighted by atomic mass is 32.1. The summed E-state index contributed by atoms with van der Waals surface area (Å²) in [5.41, 5.74) is 3.48. The van der Waals surface area contributed by atoms with Gasteiger partial charge in [-0.2, -0.15) is 0 Å². The Morgan fingerprint density at radius 2 is 1.80 bits per heavy atom. The second-order valence-corrected chi connectivity index (χ2v) is 4.98. The lowest BCUT2D eigenvalue weighted by atomic mass is 10.1. The number of benzene rings is 2. The Morgan fingerprint density at radius 3 is 2.55 bits per heavy atom. The molecule has 0 heterocycles. The lowest BCUT2D eigenvalue weighted by Gasteiger charge is -2.14. The second kappa shape index (κ2) is 6.48. The Kier molecular flexibility index (Phi) is 4.69. The molecule has 104 valence electrons. The van der Waals surface area contributed by atoms with Gasteiger partial charge in [-0.3, -0.25) is 0 Å². The van der Waals surface area contributed by atoms with E-state index in [1.54, 1.807) is 12.1 Å². The molecule has 0 fully saturated rings. The number of halogens is 1. The van der Waals surface area contributed by atoms with Crippen LogP contribution in [-0.4, -0.2) is 5.11 Å². The van der Waals surface area contributed by atoms with Crippen molar-refractivity contribution >= 4 is 28.7 Å². The molecule has 0 aliphatic carbocycles. The monoisotopic (exact) mass is 288 g/mol. The second-order valence-electron chi connectivity index (χ2n) is 4.57. The molecule has 0 radical (unpaired) electrons.